The van der Waals surface area contributed by atoms with Gasteiger partial charge in [-0.25, -0.2) is 0 Å². The van der Waals surface area contributed by atoms with E-state index in [-0.39, 0.29) is 24.4 Å². The van der Waals surface area contributed by atoms with Gasteiger partial charge in [-0.05, 0) is 31.9 Å². The number of benzene rings is 1. The summed E-state index contributed by atoms with van der Waals surface area (Å²) in [5, 5.41) is 0.818. The first kappa shape index (κ1) is 18.3. The van der Waals surface area contributed by atoms with E-state index < -0.39 is 0 Å². The minimum absolute atomic E-state index is 0.0193. The van der Waals surface area contributed by atoms with Crippen LogP contribution in [0, 0.1) is 6.92 Å². The predicted octanol–water partition coefficient (Wildman–Crippen LogP) is 2.73. The second-order valence-electron chi connectivity index (χ2n) is 6.54. The van der Waals surface area contributed by atoms with Gasteiger partial charge in [0.2, 0.25) is 0 Å². The van der Waals surface area contributed by atoms with Crippen molar-refractivity contribution in [1.29, 1.82) is 0 Å². The van der Waals surface area contributed by atoms with Gasteiger partial charge in [-0.3, -0.25) is 14.6 Å². The molecule has 1 atom stereocenters. The number of nitrogens with zero attached hydrogens (tertiary/aromatic N) is 2. The number of pyridine rings is 1. The highest BCUT2D eigenvalue weighted by Gasteiger charge is 2.25. The van der Waals surface area contributed by atoms with Crippen molar-refractivity contribution in [3.63, 3.8) is 0 Å². The normalized spacial score (nSPS) is 16.6. The number of amides is 1. The van der Waals surface area contributed by atoms with Gasteiger partial charge in [0.15, 0.2) is 0 Å². The summed E-state index contributed by atoms with van der Waals surface area (Å²) in [6.07, 6.45) is 2.11. The summed E-state index contributed by atoms with van der Waals surface area (Å²) in [7, 11) is 1.36. The number of aryl methyl sites for hydroxylation is 1. The quantitative estimate of drug-likeness (QED) is 0.745. The van der Waals surface area contributed by atoms with E-state index in [0.29, 0.717) is 18.7 Å². The molecule has 0 saturated carbocycles. The van der Waals surface area contributed by atoms with Gasteiger partial charge in [0.1, 0.15) is 0 Å². The van der Waals surface area contributed by atoms with Gasteiger partial charge in [0, 0.05) is 30.8 Å². The van der Waals surface area contributed by atoms with Gasteiger partial charge in [-0.1, -0.05) is 18.2 Å². The fraction of sp³-hybridized carbons (Fsp3) is 0.450. The number of ether oxygens (including phenoxy) is 2. The Labute approximate surface area is 153 Å². The van der Waals surface area contributed by atoms with Crippen LogP contribution in [0.25, 0.3) is 10.9 Å². The first-order chi connectivity index (χ1) is 12.6. The Balaban J connectivity index is 1.89. The summed E-state index contributed by atoms with van der Waals surface area (Å²) < 4.78 is 10.4. The van der Waals surface area contributed by atoms with Crippen molar-refractivity contribution in [2.45, 2.75) is 32.3 Å². The third-order valence-electron chi connectivity index (χ3n) is 4.62. The molecule has 138 valence electrons. The second-order valence-corrected chi connectivity index (χ2v) is 6.54. The molecule has 1 saturated heterocycles. The van der Waals surface area contributed by atoms with Crippen molar-refractivity contribution in [1.82, 2.24) is 9.88 Å². The number of hydrogen-bond acceptors (Lipinski definition) is 5. The van der Waals surface area contributed by atoms with Crippen LogP contribution in [-0.2, 0) is 14.3 Å². The molecular formula is C20H24N2O4. The molecule has 0 aliphatic carbocycles. The lowest BCUT2D eigenvalue weighted by Crippen LogP contribution is -2.39. The maximum Gasteiger partial charge on any atom is 0.307 e. The number of carbonyl (C=O) groups is 2. The first-order valence-electron chi connectivity index (χ1n) is 8.92. The van der Waals surface area contributed by atoms with E-state index in [9.17, 15) is 9.59 Å². The van der Waals surface area contributed by atoms with Crippen molar-refractivity contribution in [2.75, 3.05) is 26.8 Å². The second kappa shape index (κ2) is 8.27. The number of para-hydroxylation sites is 1. The molecule has 0 radical (unpaired) electrons. The highest BCUT2D eigenvalue weighted by molar-refractivity contribution is 6.06. The number of carbonyl (C=O) groups excluding carboxylic acids is 2. The molecule has 1 aliphatic heterocycles. The average Bonchev–Trinajstić information content (AvgIpc) is 3.16. The Morgan fingerprint density at radius 3 is 2.88 bits per heavy atom. The SMILES string of the molecule is COC(=O)CCN(CC1CCCO1)C(=O)c1cc(C)nc2ccccc12. The number of rotatable bonds is 6. The molecule has 26 heavy (non-hydrogen) atoms. The monoisotopic (exact) mass is 356 g/mol. The van der Waals surface area contributed by atoms with Crippen LogP contribution in [0.3, 0.4) is 0 Å². The Kier molecular flexibility index (Phi) is 5.83. The van der Waals surface area contributed by atoms with Crippen molar-refractivity contribution in [3.05, 3.63) is 41.6 Å². The largest absolute Gasteiger partial charge is 0.469 e. The molecule has 1 aromatic carbocycles. The molecule has 1 aliphatic rings. The van der Waals surface area contributed by atoms with E-state index in [4.69, 9.17) is 9.47 Å². The molecule has 2 heterocycles. The standard InChI is InChI=1S/C20H24N2O4/c1-14-12-17(16-7-3-4-8-18(16)21-14)20(24)22(10-9-19(23)25-2)13-15-6-5-11-26-15/h3-4,7-8,12,15H,5-6,9-11,13H2,1-2H3. The Hall–Kier alpha value is -2.47. The Bertz CT molecular complexity index is 799. The Morgan fingerprint density at radius 1 is 1.35 bits per heavy atom. The van der Waals surface area contributed by atoms with Crippen molar-refractivity contribution >= 4 is 22.8 Å². The first-order valence-corrected chi connectivity index (χ1v) is 8.92. The molecule has 1 amide bonds. The van der Waals surface area contributed by atoms with Gasteiger partial charge in [-0.15, -0.1) is 0 Å². The molecule has 3 rings (SSSR count). The van der Waals surface area contributed by atoms with Crippen LogP contribution in [0.5, 0.6) is 0 Å². The van der Waals surface area contributed by atoms with E-state index in [1.807, 2.05) is 37.3 Å². The van der Waals surface area contributed by atoms with Crippen LogP contribution in [0.2, 0.25) is 0 Å². The molecule has 6 nitrogen and oxygen atoms in total. The molecule has 1 aromatic heterocycles. The van der Waals surface area contributed by atoms with Crippen LogP contribution >= 0.6 is 0 Å². The predicted molar refractivity (Wildman–Crippen MR) is 98.0 cm³/mol. The van der Waals surface area contributed by atoms with E-state index in [1.54, 1.807) is 4.90 Å². The van der Waals surface area contributed by atoms with Crippen LogP contribution in [0.1, 0.15) is 35.3 Å². The molecule has 1 unspecified atom stereocenters. The lowest BCUT2D eigenvalue weighted by Gasteiger charge is -2.26. The van der Waals surface area contributed by atoms with Crippen molar-refractivity contribution < 1.29 is 19.1 Å². The summed E-state index contributed by atoms with van der Waals surface area (Å²) >= 11 is 0. The lowest BCUT2D eigenvalue weighted by atomic mass is 10.1. The molecule has 0 bridgehead atoms. The zero-order valence-corrected chi connectivity index (χ0v) is 15.2. The summed E-state index contributed by atoms with van der Waals surface area (Å²) in [6.45, 7) is 3.38. The van der Waals surface area contributed by atoms with Gasteiger partial charge in [0.25, 0.3) is 5.91 Å². The smallest absolute Gasteiger partial charge is 0.307 e. The van der Waals surface area contributed by atoms with Gasteiger partial charge in [-0.2, -0.15) is 0 Å². The zero-order chi connectivity index (χ0) is 18.5. The van der Waals surface area contributed by atoms with E-state index in [2.05, 4.69) is 4.98 Å². The fourth-order valence-corrected chi connectivity index (χ4v) is 3.29. The number of methoxy groups -OCH3 is 1. The Morgan fingerprint density at radius 2 is 2.15 bits per heavy atom. The average molecular weight is 356 g/mol. The number of esters is 1. The third kappa shape index (κ3) is 4.19. The van der Waals surface area contributed by atoms with Gasteiger partial charge < -0.3 is 14.4 Å². The van der Waals surface area contributed by atoms with Crippen LogP contribution in [-0.4, -0.2) is 54.7 Å². The third-order valence-corrected chi connectivity index (χ3v) is 4.62. The highest BCUT2D eigenvalue weighted by atomic mass is 16.5. The summed E-state index contributed by atoms with van der Waals surface area (Å²) in [6, 6.07) is 9.42. The highest BCUT2D eigenvalue weighted by Crippen LogP contribution is 2.21. The van der Waals surface area contributed by atoms with E-state index in [1.165, 1.54) is 7.11 Å². The topological polar surface area (TPSA) is 68.7 Å². The zero-order valence-electron chi connectivity index (χ0n) is 15.2. The molecular weight excluding hydrogens is 332 g/mol. The van der Waals surface area contributed by atoms with Crippen LogP contribution in [0.4, 0.5) is 0 Å². The lowest BCUT2D eigenvalue weighted by molar-refractivity contribution is -0.140. The molecule has 1 fully saturated rings. The minimum Gasteiger partial charge on any atom is -0.469 e. The molecule has 6 heteroatoms. The van der Waals surface area contributed by atoms with Crippen molar-refractivity contribution in [2.24, 2.45) is 0 Å². The van der Waals surface area contributed by atoms with Crippen LogP contribution in [0.15, 0.2) is 30.3 Å². The fourth-order valence-electron chi connectivity index (χ4n) is 3.29. The summed E-state index contributed by atoms with van der Waals surface area (Å²) in [5.41, 5.74) is 2.19. The summed E-state index contributed by atoms with van der Waals surface area (Å²) in [4.78, 5) is 31.1. The maximum atomic E-state index is 13.3. The number of fused-ring (bicyclic) bond motifs is 1. The van der Waals surface area contributed by atoms with Crippen molar-refractivity contribution in [3.8, 4) is 0 Å². The van der Waals surface area contributed by atoms with Crippen LogP contribution < -0.4 is 0 Å². The molecule has 2 aromatic rings. The van der Waals surface area contributed by atoms with Gasteiger partial charge in [0.05, 0.1) is 30.7 Å². The molecule has 0 spiro atoms. The summed E-state index contributed by atoms with van der Waals surface area (Å²) in [5.74, 6) is -0.433. The maximum absolute atomic E-state index is 13.3. The minimum atomic E-state index is -0.328. The van der Waals surface area contributed by atoms with Gasteiger partial charge >= 0.3 is 5.97 Å². The van der Waals surface area contributed by atoms with E-state index >= 15 is 0 Å². The molecule has 0 N–H and O–H groups in total. The number of aromatic nitrogens is 1. The van der Waals surface area contributed by atoms with E-state index in [0.717, 1.165) is 36.0 Å². The number of hydrogen-bond donors (Lipinski definition) is 0.